The average molecular weight is 440 g/mol. The predicted molar refractivity (Wildman–Crippen MR) is 144 cm³/mol. The number of benzene rings is 5. The summed E-state index contributed by atoms with van der Waals surface area (Å²) in [6.07, 6.45) is 0. The molecule has 0 fully saturated rings. The lowest BCUT2D eigenvalue weighted by Gasteiger charge is -2.09. The first-order chi connectivity index (χ1) is 16.3. The van der Waals surface area contributed by atoms with E-state index in [4.69, 9.17) is 0 Å². The van der Waals surface area contributed by atoms with Crippen molar-refractivity contribution in [1.82, 2.24) is 4.57 Å². The number of fused-ring (bicyclic) bond motifs is 6. The van der Waals surface area contributed by atoms with Crippen molar-refractivity contribution in [2.45, 2.75) is 6.92 Å². The van der Waals surface area contributed by atoms with Gasteiger partial charge in [0.1, 0.15) is 0 Å². The molecule has 0 saturated heterocycles. The van der Waals surface area contributed by atoms with Gasteiger partial charge in [0.2, 0.25) is 0 Å². The van der Waals surface area contributed by atoms with Crippen LogP contribution in [0.15, 0.2) is 109 Å². The van der Waals surface area contributed by atoms with Gasteiger partial charge < -0.3 is 4.57 Å². The summed E-state index contributed by atoms with van der Waals surface area (Å²) in [4.78, 5) is 0. The average Bonchev–Trinajstić information content (AvgIpc) is 3.41. The lowest BCUT2D eigenvalue weighted by atomic mass is 9.98. The molecular formula is C31H21NS. The Morgan fingerprint density at radius 3 is 2.21 bits per heavy atom. The fraction of sp³-hybridized carbons (Fsp3) is 0.0323. The van der Waals surface area contributed by atoms with E-state index in [9.17, 15) is 0 Å². The zero-order valence-corrected chi connectivity index (χ0v) is 19.1. The van der Waals surface area contributed by atoms with E-state index in [0.29, 0.717) is 0 Å². The van der Waals surface area contributed by atoms with Crippen molar-refractivity contribution in [1.29, 1.82) is 0 Å². The largest absolute Gasteiger partial charge is 0.309 e. The van der Waals surface area contributed by atoms with Crippen molar-refractivity contribution < 1.29 is 0 Å². The van der Waals surface area contributed by atoms with Gasteiger partial charge >= 0.3 is 0 Å². The maximum Gasteiger partial charge on any atom is 0.0541 e. The zero-order chi connectivity index (χ0) is 21.9. The Morgan fingerprint density at radius 2 is 1.33 bits per heavy atom. The van der Waals surface area contributed by atoms with Crippen LogP contribution in [0.2, 0.25) is 0 Å². The minimum atomic E-state index is 1.19. The second-order valence-electron chi connectivity index (χ2n) is 8.65. The first-order valence-corrected chi connectivity index (χ1v) is 12.1. The predicted octanol–water partition coefficient (Wildman–Crippen LogP) is 9.13. The Balaban J connectivity index is 1.55. The molecule has 7 rings (SSSR count). The van der Waals surface area contributed by atoms with Gasteiger partial charge in [0, 0.05) is 36.6 Å². The molecule has 0 aliphatic heterocycles. The number of para-hydroxylation sites is 2. The van der Waals surface area contributed by atoms with Crippen molar-refractivity contribution in [3.05, 3.63) is 115 Å². The molecule has 0 atom stereocenters. The van der Waals surface area contributed by atoms with Gasteiger partial charge in [-0.2, -0.15) is 0 Å². The van der Waals surface area contributed by atoms with Gasteiger partial charge in [-0.25, -0.2) is 0 Å². The molecule has 0 saturated carbocycles. The molecule has 2 heterocycles. The zero-order valence-electron chi connectivity index (χ0n) is 18.2. The highest BCUT2D eigenvalue weighted by atomic mass is 32.1. The third-order valence-electron chi connectivity index (χ3n) is 6.73. The van der Waals surface area contributed by atoms with Gasteiger partial charge in [-0.05, 0) is 60.0 Å². The Labute approximate surface area is 196 Å². The van der Waals surface area contributed by atoms with Gasteiger partial charge in [0.15, 0.2) is 0 Å². The van der Waals surface area contributed by atoms with Crippen LogP contribution in [0, 0.1) is 6.92 Å². The number of nitrogens with zero attached hydrogens (tertiary/aromatic N) is 1. The number of aromatic nitrogens is 1. The Hall–Kier alpha value is -3.88. The van der Waals surface area contributed by atoms with Crippen LogP contribution in [0.5, 0.6) is 0 Å². The van der Waals surface area contributed by atoms with Gasteiger partial charge in [-0.1, -0.05) is 72.8 Å². The van der Waals surface area contributed by atoms with E-state index in [-0.39, 0.29) is 0 Å². The van der Waals surface area contributed by atoms with Crippen LogP contribution in [-0.2, 0) is 0 Å². The first kappa shape index (κ1) is 18.7. The standard InChI is InChI=1S/C31H21NS/c1-20-15-17-23(31-30(20)25-12-6-8-14-29(25)33-31)21-16-18-28-26(19-21)24-11-5-7-13-27(24)32(28)22-9-3-2-4-10-22/h2-19H,1H3. The second-order valence-corrected chi connectivity index (χ2v) is 9.70. The summed E-state index contributed by atoms with van der Waals surface area (Å²) in [7, 11) is 0. The van der Waals surface area contributed by atoms with Crippen LogP contribution in [0.1, 0.15) is 5.56 Å². The lowest BCUT2D eigenvalue weighted by Crippen LogP contribution is -1.92. The van der Waals surface area contributed by atoms with Crippen LogP contribution < -0.4 is 0 Å². The molecule has 5 aromatic carbocycles. The summed E-state index contributed by atoms with van der Waals surface area (Å²) in [5.74, 6) is 0. The van der Waals surface area contributed by atoms with Crippen LogP contribution in [-0.4, -0.2) is 4.57 Å². The molecule has 0 unspecified atom stereocenters. The van der Waals surface area contributed by atoms with Crippen molar-refractivity contribution in [2.75, 3.05) is 0 Å². The maximum absolute atomic E-state index is 2.38. The summed E-state index contributed by atoms with van der Waals surface area (Å²) < 4.78 is 5.10. The molecule has 0 N–H and O–H groups in total. The summed E-state index contributed by atoms with van der Waals surface area (Å²) >= 11 is 1.90. The number of rotatable bonds is 2. The molecule has 7 aromatic rings. The molecule has 1 nitrogen and oxygen atoms in total. The van der Waals surface area contributed by atoms with E-state index < -0.39 is 0 Å². The summed E-state index contributed by atoms with van der Waals surface area (Å²) in [5.41, 5.74) is 7.61. The highest BCUT2D eigenvalue weighted by molar-refractivity contribution is 7.26. The fourth-order valence-electron chi connectivity index (χ4n) is 5.22. The van der Waals surface area contributed by atoms with Gasteiger partial charge in [0.25, 0.3) is 0 Å². The minimum absolute atomic E-state index is 1.19. The van der Waals surface area contributed by atoms with Crippen LogP contribution >= 0.6 is 11.3 Å². The van der Waals surface area contributed by atoms with Gasteiger partial charge in [-0.15, -0.1) is 11.3 Å². The number of aryl methyl sites for hydroxylation is 1. The van der Waals surface area contributed by atoms with Crippen molar-refractivity contribution in [3.8, 4) is 16.8 Å². The quantitative estimate of drug-likeness (QED) is 0.253. The maximum atomic E-state index is 2.38. The Kier molecular flexibility index (Phi) is 3.99. The van der Waals surface area contributed by atoms with Crippen LogP contribution in [0.4, 0.5) is 0 Å². The molecule has 2 heteroatoms. The first-order valence-electron chi connectivity index (χ1n) is 11.3. The Morgan fingerprint density at radius 1 is 0.606 bits per heavy atom. The number of hydrogen-bond acceptors (Lipinski definition) is 1. The van der Waals surface area contributed by atoms with Crippen LogP contribution in [0.3, 0.4) is 0 Å². The normalized spacial score (nSPS) is 11.8. The topological polar surface area (TPSA) is 4.93 Å². The molecule has 2 aromatic heterocycles. The minimum Gasteiger partial charge on any atom is -0.309 e. The van der Waals surface area contributed by atoms with E-state index in [1.807, 2.05) is 11.3 Å². The van der Waals surface area contributed by atoms with E-state index in [1.165, 1.54) is 64.4 Å². The van der Waals surface area contributed by atoms with Gasteiger partial charge in [0.05, 0.1) is 11.0 Å². The number of hydrogen-bond donors (Lipinski definition) is 0. The smallest absolute Gasteiger partial charge is 0.0541 e. The molecular weight excluding hydrogens is 418 g/mol. The highest BCUT2D eigenvalue weighted by Gasteiger charge is 2.16. The van der Waals surface area contributed by atoms with Crippen molar-refractivity contribution in [2.24, 2.45) is 0 Å². The monoisotopic (exact) mass is 439 g/mol. The molecule has 33 heavy (non-hydrogen) atoms. The third-order valence-corrected chi connectivity index (χ3v) is 7.94. The van der Waals surface area contributed by atoms with Crippen LogP contribution in [0.25, 0.3) is 58.8 Å². The molecule has 0 bridgehead atoms. The summed E-state index contributed by atoms with van der Waals surface area (Å²) in [6.45, 7) is 2.22. The van der Waals surface area contributed by atoms with Crippen molar-refractivity contribution in [3.63, 3.8) is 0 Å². The van der Waals surface area contributed by atoms with Gasteiger partial charge in [-0.3, -0.25) is 0 Å². The summed E-state index contributed by atoms with van der Waals surface area (Å²) in [5, 5.41) is 5.33. The molecule has 0 amide bonds. The SMILES string of the molecule is Cc1ccc(-c2ccc3c(c2)c2ccccc2n3-c2ccccc2)c2sc3ccccc3c12. The van der Waals surface area contributed by atoms with E-state index in [0.717, 1.165) is 0 Å². The summed E-state index contributed by atoms with van der Waals surface area (Å²) in [6, 6.07) is 39.7. The molecule has 0 spiro atoms. The van der Waals surface area contributed by atoms with E-state index in [2.05, 4.69) is 121 Å². The highest BCUT2D eigenvalue weighted by Crippen LogP contribution is 2.43. The lowest BCUT2D eigenvalue weighted by molar-refractivity contribution is 1.18. The second kappa shape index (κ2) is 7.06. The molecule has 0 aliphatic carbocycles. The van der Waals surface area contributed by atoms with E-state index in [1.54, 1.807) is 0 Å². The molecule has 0 aliphatic rings. The van der Waals surface area contributed by atoms with Crippen molar-refractivity contribution >= 4 is 53.3 Å². The van der Waals surface area contributed by atoms with E-state index >= 15 is 0 Å². The third kappa shape index (κ3) is 2.71. The fourth-order valence-corrected chi connectivity index (χ4v) is 6.53. The molecule has 156 valence electrons. The Bertz CT molecular complexity index is 1820. The molecule has 0 radical (unpaired) electrons. The number of thiophene rings is 1.